The van der Waals surface area contributed by atoms with Gasteiger partial charge in [0, 0.05) is 11.9 Å². The zero-order valence-corrected chi connectivity index (χ0v) is 15.5. The fraction of sp³-hybridized carbons (Fsp3) is 0.263. The highest BCUT2D eigenvalue weighted by atomic mass is 32.2. The van der Waals surface area contributed by atoms with Gasteiger partial charge in [-0.3, -0.25) is 9.59 Å². The molecule has 0 aliphatic carbocycles. The van der Waals surface area contributed by atoms with Gasteiger partial charge in [-0.05, 0) is 30.5 Å². The summed E-state index contributed by atoms with van der Waals surface area (Å²) in [7, 11) is 1.57. The molecule has 0 fully saturated rings. The SMILES string of the molecule is CNC(=O)[C@@H]1CN(CC(=O)Nc2ccccc2SC)c2ccccc2O1. The first-order valence-corrected chi connectivity index (χ1v) is 9.50. The molecule has 2 aromatic rings. The van der Waals surface area contributed by atoms with Crippen LogP contribution in [0.25, 0.3) is 0 Å². The number of likely N-dealkylation sites (N-methyl/N-ethyl adjacent to an activating group) is 1. The molecule has 0 saturated heterocycles. The molecule has 0 unspecified atom stereocenters. The van der Waals surface area contributed by atoms with Gasteiger partial charge in [-0.15, -0.1) is 11.8 Å². The van der Waals surface area contributed by atoms with Crippen molar-refractivity contribution in [2.45, 2.75) is 11.0 Å². The topological polar surface area (TPSA) is 70.7 Å². The first-order valence-electron chi connectivity index (χ1n) is 8.27. The summed E-state index contributed by atoms with van der Waals surface area (Å²) >= 11 is 1.58. The fourth-order valence-corrected chi connectivity index (χ4v) is 3.42. The van der Waals surface area contributed by atoms with E-state index >= 15 is 0 Å². The molecule has 3 rings (SSSR count). The maximum atomic E-state index is 12.6. The molecule has 1 aliphatic heterocycles. The van der Waals surface area contributed by atoms with Crippen LogP contribution >= 0.6 is 11.8 Å². The quantitative estimate of drug-likeness (QED) is 0.790. The fourth-order valence-electron chi connectivity index (χ4n) is 2.87. The second kappa shape index (κ2) is 8.14. The third-order valence-electron chi connectivity index (χ3n) is 4.12. The summed E-state index contributed by atoms with van der Waals surface area (Å²) < 4.78 is 5.76. The molecular weight excluding hydrogens is 350 g/mol. The van der Waals surface area contributed by atoms with E-state index in [1.807, 2.05) is 53.6 Å². The lowest BCUT2D eigenvalue weighted by atomic mass is 10.1. The minimum Gasteiger partial charge on any atom is -0.477 e. The molecule has 0 bridgehead atoms. The number of hydrogen-bond acceptors (Lipinski definition) is 5. The van der Waals surface area contributed by atoms with E-state index in [4.69, 9.17) is 4.74 Å². The smallest absolute Gasteiger partial charge is 0.262 e. The lowest BCUT2D eigenvalue weighted by Crippen LogP contribution is -2.50. The Morgan fingerprint density at radius 3 is 2.69 bits per heavy atom. The van der Waals surface area contributed by atoms with Gasteiger partial charge in [0.25, 0.3) is 5.91 Å². The largest absolute Gasteiger partial charge is 0.477 e. The summed E-state index contributed by atoms with van der Waals surface area (Å²) in [6.45, 7) is 0.449. The van der Waals surface area contributed by atoms with Crippen LogP contribution in [0.2, 0.25) is 0 Å². The predicted molar refractivity (Wildman–Crippen MR) is 104 cm³/mol. The molecule has 1 aliphatic rings. The average molecular weight is 371 g/mol. The van der Waals surface area contributed by atoms with E-state index in [1.54, 1.807) is 24.9 Å². The van der Waals surface area contributed by atoms with Crippen molar-refractivity contribution in [1.29, 1.82) is 0 Å². The number of thioether (sulfide) groups is 1. The van der Waals surface area contributed by atoms with Crippen LogP contribution in [0.5, 0.6) is 5.75 Å². The molecule has 7 heteroatoms. The first-order chi connectivity index (χ1) is 12.6. The van der Waals surface area contributed by atoms with E-state index in [2.05, 4.69) is 10.6 Å². The van der Waals surface area contributed by atoms with Gasteiger partial charge in [-0.25, -0.2) is 0 Å². The number of benzene rings is 2. The van der Waals surface area contributed by atoms with Gasteiger partial charge in [0.1, 0.15) is 5.75 Å². The predicted octanol–water partition coefficient (Wildman–Crippen LogP) is 2.36. The molecule has 1 heterocycles. The summed E-state index contributed by atoms with van der Waals surface area (Å²) in [5.74, 6) is 0.251. The Balaban J connectivity index is 1.77. The van der Waals surface area contributed by atoms with Gasteiger partial charge >= 0.3 is 0 Å². The maximum Gasteiger partial charge on any atom is 0.262 e. The van der Waals surface area contributed by atoms with Crippen LogP contribution in [0.4, 0.5) is 11.4 Å². The first kappa shape index (κ1) is 18.1. The lowest BCUT2D eigenvalue weighted by molar-refractivity contribution is -0.127. The Bertz CT molecular complexity index is 812. The lowest BCUT2D eigenvalue weighted by Gasteiger charge is -2.35. The van der Waals surface area contributed by atoms with Crippen molar-refractivity contribution in [3.8, 4) is 5.75 Å². The van der Waals surface area contributed by atoms with Crippen LogP contribution in [0.3, 0.4) is 0 Å². The number of nitrogens with one attached hydrogen (secondary N) is 2. The summed E-state index contributed by atoms with van der Waals surface area (Å²) in [6, 6.07) is 15.1. The van der Waals surface area contributed by atoms with Crippen molar-refractivity contribution in [1.82, 2.24) is 5.32 Å². The van der Waals surface area contributed by atoms with Crippen molar-refractivity contribution < 1.29 is 14.3 Å². The normalized spacial score (nSPS) is 15.6. The number of rotatable bonds is 5. The second-order valence-corrected chi connectivity index (χ2v) is 6.67. The molecule has 136 valence electrons. The molecule has 6 nitrogen and oxygen atoms in total. The van der Waals surface area contributed by atoms with E-state index < -0.39 is 6.10 Å². The van der Waals surface area contributed by atoms with E-state index in [1.165, 1.54) is 0 Å². The van der Waals surface area contributed by atoms with E-state index in [0.717, 1.165) is 16.3 Å². The molecule has 2 amide bonds. The van der Waals surface area contributed by atoms with E-state index in [9.17, 15) is 9.59 Å². The zero-order valence-electron chi connectivity index (χ0n) is 14.7. The van der Waals surface area contributed by atoms with Gasteiger partial charge in [-0.1, -0.05) is 24.3 Å². The number of hydrogen-bond donors (Lipinski definition) is 2. The van der Waals surface area contributed by atoms with Crippen LogP contribution in [0.15, 0.2) is 53.4 Å². The molecule has 0 spiro atoms. The zero-order chi connectivity index (χ0) is 18.5. The minimum atomic E-state index is -0.652. The Morgan fingerprint density at radius 2 is 1.92 bits per heavy atom. The van der Waals surface area contributed by atoms with Crippen molar-refractivity contribution in [2.24, 2.45) is 0 Å². The standard InChI is InChI=1S/C19H21N3O3S/c1-20-19(24)16-11-22(14-8-4-5-9-15(14)25-16)12-18(23)21-13-7-3-6-10-17(13)26-2/h3-10,16H,11-12H2,1-2H3,(H,20,24)(H,21,23)/t16-/m0/s1. The Labute approximate surface area is 156 Å². The number of carbonyl (C=O) groups is 2. The average Bonchev–Trinajstić information content (AvgIpc) is 2.67. The highest BCUT2D eigenvalue weighted by Gasteiger charge is 2.31. The van der Waals surface area contributed by atoms with Gasteiger partial charge in [0.15, 0.2) is 6.10 Å². The second-order valence-electron chi connectivity index (χ2n) is 5.82. The van der Waals surface area contributed by atoms with Gasteiger partial charge < -0.3 is 20.3 Å². The van der Waals surface area contributed by atoms with Crippen LogP contribution in [-0.2, 0) is 9.59 Å². The third kappa shape index (κ3) is 3.94. The Hall–Kier alpha value is -2.67. The van der Waals surface area contributed by atoms with Crippen LogP contribution in [-0.4, -0.2) is 44.3 Å². The van der Waals surface area contributed by atoms with Crippen LogP contribution < -0.4 is 20.3 Å². The third-order valence-corrected chi connectivity index (χ3v) is 4.91. The Kier molecular flexibility index (Phi) is 5.68. The highest BCUT2D eigenvalue weighted by molar-refractivity contribution is 7.98. The molecule has 0 radical (unpaired) electrons. The summed E-state index contributed by atoms with van der Waals surface area (Å²) in [5, 5.41) is 5.56. The van der Waals surface area contributed by atoms with Crippen molar-refractivity contribution in [3.05, 3.63) is 48.5 Å². The molecule has 1 atom stereocenters. The van der Waals surface area contributed by atoms with E-state index in [0.29, 0.717) is 12.3 Å². The molecule has 2 N–H and O–H groups in total. The number of carbonyl (C=O) groups excluding carboxylic acids is 2. The summed E-state index contributed by atoms with van der Waals surface area (Å²) in [4.78, 5) is 27.5. The molecule has 0 saturated carbocycles. The molecular formula is C19H21N3O3S. The number of nitrogens with zero attached hydrogens (tertiary/aromatic N) is 1. The number of ether oxygens (including phenoxy) is 1. The van der Waals surface area contributed by atoms with Crippen molar-refractivity contribution in [3.63, 3.8) is 0 Å². The van der Waals surface area contributed by atoms with E-state index in [-0.39, 0.29) is 18.4 Å². The van der Waals surface area contributed by atoms with Crippen molar-refractivity contribution in [2.75, 3.05) is 36.6 Å². The van der Waals surface area contributed by atoms with Crippen LogP contribution in [0, 0.1) is 0 Å². The minimum absolute atomic E-state index is 0.135. The van der Waals surface area contributed by atoms with Gasteiger partial charge in [-0.2, -0.15) is 0 Å². The monoisotopic (exact) mass is 371 g/mol. The van der Waals surface area contributed by atoms with Crippen LogP contribution in [0.1, 0.15) is 0 Å². The van der Waals surface area contributed by atoms with Crippen molar-refractivity contribution >= 4 is 35.0 Å². The molecule has 26 heavy (non-hydrogen) atoms. The summed E-state index contributed by atoms with van der Waals surface area (Å²) in [6.07, 6.45) is 1.32. The number of para-hydroxylation sites is 3. The number of fused-ring (bicyclic) bond motifs is 1. The highest BCUT2D eigenvalue weighted by Crippen LogP contribution is 2.33. The Morgan fingerprint density at radius 1 is 1.19 bits per heavy atom. The van der Waals surface area contributed by atoms with Gasteiger partial charge in [0.05, 0.1) is 24.5 Å². The molecule has 0 aromatic heterocycles. The number of anilines is 2. The number of amides is 2. The maximum absolute atomic E-state index is 12.6. The summed E-state index contributed by atoms with van der Waals surface area (Å²) in [5.41, 5.74) is 1.59. The van der Waals surface area contributed by atoms with Gasteiger partial charge in [0.2, 0.25) is 5.91 Å². The molecule has 2 aromatic carbocycles.